The summed E-state index contributed by atoms with van der Waals surface area (Å²) in [5.74, 6) is 0.167. The Kier molecular flexibility index (Phi) is 5.43. The van der Waals surface area contributed by atoms with Gasteiger partial charge in [-0.2, -0.15) is 0 Å². The molecule has 0 unspecified atom stereocenters. The van der Waals surface area contributed by atoms with Gasteiger partial charge >= 0.3 is 5.97 Å². The Morgan fingerprint density at radius 1 is 1.19 bits per heavy atom. The van der Waals surface area contributed by atoms with Crippen LogP contribution in [0, 0.1) is 0 Å². The van der Waals surface area contributed by atoms with Crippen molar-refractivity contribution < 1.29 is 14.6 Å². The standard InChI is InChI=1S/C18H24O3/c1-3-21-18(20)17(13(2)19)16-11-9-15(10-12-16)14-7-5-4-6-8-14/h9-12,14,19H,3-8H2,1-2H3. The predicted octanol–water partition coefficient (Wildman–Crippen LogP) is 4.59. The highest BCUT2D eigenvalue weighted by Gasteiger charge is 2.19. The molecular formula is C18H24O3. The fraction of sp³-hybridized carbons (Fsp3) is 0.500. The summed E-state index contributed by atoms with van der Waals surface area (Å²) in [5, 5.41) is 9.76. The molecular weight excluding hydrogens is 264 g/mol. The smallest absolute Gasteiger partial charge is 0.342 e. The molecule has 1 fully saturated rings. The normalized spacial score (nSPS) is 17.2. The molecule has 3 nitrogen and oxygen atoms in total. The molecule has 1 aliphatic carbocycles. The van der Waals surface area contributed by atoms with Gasteiger partial charge in [0.2, 0.25) is 0 Å². The Bertz CT molecular complexity index is 504. The molecule has 3 heteroatoms. The summed E-state index contributed by atoms with van der Waals surface area (Å²) in [6.07, 6.45) is 6.44. The molecule has 0 aromatic heterocycles. The van der Waals surface area contributed by atoms with Crippen LogP contribution in [0.15, 0.2) is 30.0 Å². The van der Waals surface area contributed by atoms with Crippen LogP contribution in [0.3, 0.4) is 0 Å². The number of esters is 1. The average Bonchev–Trinajstić information content (AvgIpc) is 2.49. The van der Waals surface area contributed by atoms with Crippen molar-refractivity contribution in [2.24, 2.45) is 0 Å². The van der Waals surface area contributed by atoms with Gasteiger partial charge in [-0.15, -0.1) is 0 Å². The molecule has 0 aliphatic heterocycles. The maximum Gasteiger partial charge on any atom is 0.342 e. The van der Waals surface area contributed by atoms with Gasteiger partial charge in [-0.05, 0) is 43.7 Å². The van der Waals surface area contributed by atoms with Crippen molar-refractivity contribution in [3.63, 3.8) is 0 Å². The summed E-state index contributed by atoms with van der Waals surface area (Å²) in [6, 6.07) is 7.98. The van der Waals surface area contributed by atoms with E-state index in [0.717, 1.165) is 0 Å². The Morgan fingerprint density at radius 3 is 2.33 bits per heavy atom. The number of carbonyl (C=O) groups excluding carboxylic acids is 1. The molecule has 114 valence electrons. The van der Waals surface area contributed by atoms with Gasteiger partial charge in [-0.1, -0.05) is 43.5 Å². The highest BCUT2D eigenvalue weighted by Crippen LogP contribution is 2.33. The third kappa shape index (κ3) is 3.87. The first-order valence-corrected chi connectivity index (χ1v) is 7.80. The van der Waals surface area contributed by atoms with E-state index >= 15 is 0 Å². The SMILES string of the molecule is CCOC(=O)C(=C(C)O)c1ccc(C2CCCCC2)cc1. The molecule has 21 heavy (non-hydrogen) atoms. The monoisotopic (exact) mass is 288 g/mol. The highest BCUT2D eigenvalue weighted by molar-refractivity contribution is 6.17. The second-order valence-corrected chi connectivity index (χ2v) is 5.64. The molecule has 1 aliphatic rings. The molecule has 1 saturated carbocycles. The van der Waals surface area contributed by atoms with E-state index in [1.807, 2.05) is 12.1 Å². The number of hydrogen-bond acceptors (Lipinski definition) is 3. The Hall–Kier alpha value is -1.77. The number of rotatable bonds is 4. The molecule has 0 amide bonds. The van der Waals surface area contributed by atoms with Crippen LogP contribution < -0.4 is 0 Å². The number of ether oxygens (including phenoxy) is 1. The molecule has 0 radical (unpaired) electrons. The molecule has 0 heterocycles. The maximum absolute atomic E-state index is 11.9. The quantitative estimate of drug-likeness (QED) is 0.501. The van der Waals surface area contributed by atoms with Gasteiger partial charge in [-0.25, -0.2) is 4.79 Å². The first-order chi connectivity index (χ1) is 10.1. The highest BCUT2D eigenvalue weighted by atomic mass is 16.5. The van der Waals surface area contributed by atoms with E-state index in [1.165, 1.54) is 44.6 Å². The summed E-state index contributed by atoms with van der Waals surface area (Å²) in [7, 11) is 0. The minimum absolute atomic E-state index is 0.00105. The lowest BCUT2D eigenvalue weighted by Gasteiger charge is -2.22. The van der Waals surface area contributed by atoms with E-state index in [0.29, 0.717) is 18.1 Å². The van der Waals surface area contributed by atoms with E-state index in [9.17, 15) is 9.90 Å². The summed E-state index contributed by atoms with van der Waals surface area (Å²) in [4.78, 5) is 11.9. The molecule has 1 aromatic rings. The van der Waals surface area contributed by atoms with Gasteiger partial charge in [0, 0.05) is 0 Å². The van der Waals surface area contributed by atoms with Gasteiger partial charge in [0.05, 0.1) is 6.61 Å². The number of aliphatic hydroxyl groups excluding tert-OH is 1. The zero-order valence-corrected chi connectivity index (χ0v) is 12.9. The maximum atomic E-state index is 11.9. The van der Waals surface area contributed by atoms with Crippen LogP contribution in [0.2, 0.25) is 0 Å². The fourth-order valence-corrected chi connectivity index (χ4v) is 3.04. The molecule has 0 atom stereocenters. The van der Waals surface area contributed by atoms with Crippen LogP contribution in [-0.2, 0) is 9.53 Å². The van der Waals surface area contributed by atoms with Crippen molar-refractivity contribution in [3.8, 4) is 0 Å². The lowest BCUT2D eigenvalue weighted by molar-refractivity contribution is -0.136. The molecule has 0 bridgehead atoms. The van der Waals surface area contributed by atoms with Crippen molar-refractivity contribution in [2.45, 2.75) is 51.9 Å². The van der Waals surface area contributed by atoms with Crippen molar-refractivity contribution in [1.82, 2.24) is 0 Å². The molecule has 2 rings (SSSR count). The lowest BCUT2D eigenvalue weighted by Crippen LogP contribution is -2.09. The number of hydrogen-bond donors (Lipinski definition) is 1. The zero-order chi connectivity index (χ0) is 15.2. The average molecular weight is 288 g/mol. The van der Waals surface area contributed by atoms with Crippen LogP contribution in [0.1, 0.15) is 63.0 Å². The lowest BCUT2D eigenvalue weighted by atomic mass is 9.83. The Balaban J connectivity index is 2.20. The summed E-state index contributed by atoms with van der Waals surface area (Å²) in [5.41, 5.74) is 2.30. The van der Waals surface area contributed by atoms with Crippen LogP contribution in [0.25, 0.3) is 5.57 Å². The predicted molar refractivity (Wildman–Crippen MR) is 84.1 cm³/mol. The molecule has 0 spiro atoms. The van der Waals surface area contributed by atoms with E-state index in [-0.39, 0.29) is 11.3 Å². The van der Waals surface area contributed by atoms with Gasteiger partial charge in [0.1, 0.15) is 11.3 Å². The van der Waals surface area contributed by atoms with Crippen LogP contribution in [0.4, 0.5) is 0 Å². The molecule has 0 saturated heterocycles. The summed E-state index contributed by atoms with van der Waals surface area (Å²) < 4.78 is 5.01. The Morgan fingerprint density at radius 2 is 1.81 bits per heavy atom. The number of allylic oxidation sites excluding steroid dienone is 1. The third-order valence-electron chi connectivity index (χ3n) is 4.12. The number of aliphatic hydroxyl groups is 1. The topological polar surface area (TPSA) is 46.5 Å². The van der Waals surface area contributed by atoms with Crippen molar-refractivity contribution in [2.75, 3.05) is 6.61 Å². The fourth-order valence-electron chi connectivity index (χ4n) is 3.04. The van der Waals surface area contributed by atoms with Crippen LogP contribution >= 0.6 is 0 Å². The van der Waals surface area contributed by atoms with E-state index in [1.54, 1.807) is 6.92 Å². The minimum Gasteiger partial charge on any atom is -0.512 e. The minimum atomic E-state index is -0.470. The second kappa shape index (κ2) is 7.30. The van der Waals surface area contributed by atoms with Gasteiger partial charge < -0.3 is 9.84 Å². The van der Waals surface area contributed by atoms with E-state index in [4.69, 9.17) is 4.74 Å². The number of benzene rings is 1. The second-order valence-electron chi connectivity index (χ2n) is 5.64. The van der Waals surface area contributed by atoms with Crippen LogP contribution in [-0.4, -0.2) is 17.7 Å². The zero-order valence-electron chi connectivity index (χ0n) is 12.9. The summed E-state index contributed by atoms with van der Waals surface area (Å²) in [6.45, 7) is 3.57. The van der Waals surface area contributed by atoms with Gasteiger partial charge in [0.25, 0.3) is 0 Å². The van der Waals surface area contributed by atoms with Crippen molar-refractivity contribution in [3.05, 3.63) is 41.2 Å². The number of carbonyl (C=O) groups is 1. The first-order valence-electron chi connectivity index (χ1n) is 7.80. The molecule has 1 N–H and O–H groups in total. The Labute approximate surface area is 126 Å². The van der Waals surface area contributed by atoms with Gasteiger partial charge in [-0.3, -0.25) is 0 Å². The first kappa shape index (κ1) is 15.6. The van der Waals surface area contributed by atoms with Gasteiger partial charge in [0.15, 0.2) is 0 Å². The van der Waals surface area contributed by atoms with E-state index < -0.39 is 5.97 Å². The summed E-state index contributed by atoms with van der Waals surface area (Å²) >= 11 is 0. The van der Waals surface area contributed by atoms with Crippen molar-refractivity contribution >= 4 is 11.5 Å². The van der Waals surface area contributed by atoms with Crippen molar-refractivity contribution in [1.29, 1.82) is 0 Å². The third-order valence-corrected chi connectivity index (χ3v) is 4.12. The van der Waals surface area contributed by atoms with E-state index in [2.05, 4.69) is 12.1 Å². The van der Waals surface area contributed by atoms with Crippen LogP contribution in [0.5, 0.6) is 0 Å². The molecule has 1 aromatic carbocycles. The largest absolute Gasteiger partial charge is 0.512 e.